The number of phenols is 1. The molecule has 1 aliphatic heterocycles. The SMILES string of the molecule is CCOc1cc(C2/C(=C(\O)c3ccc(F)c(C)c3)C(=O)C(=O)N2c2nc3ccccc3[nH]2)ccc1O. The monoisotopic (exact) mass is 487 g/mol. The van der Waals surface area contributed by atoms with Gasteiger partial charge >= 0.3 is 5.91 Å². The highest BCUT2D eigenvalue weighted by Crippen LogP contribution is 2.43. The minimum atomic E-state index is -1.10. The van der Waals surface area contributed by atoms with Gasteiger partial charge in [-0.15, -0.1) is 0 Å². The number of imidazole rings is 1. The first-order chi connectivity index (χ1) is 17.3. The summed E-state index contributed by atoms with van der Waals surface area (Å²) in [6.45, 7) is 3.56. The van der Waals surface area contributed by atoms with Gasteiger partial charge in [0.05, 0.1) is 29.3 Å². The van der Waals surface area contributed by atoms with Gasteiger partial charge in [-0.05, 0) is 67.4 Å². The van der Waals surface area contributed by atoms with E-state index in [9.17, 15) is 24.2 Å². The molecule has 3 aromatic carbocycles. The van der Waals surface area contributed by atoms with Crippen LogP contribution in [-0.4, -0.2) is 38.5 Å². The number of hydrogen-bond donors (Lipinski definition) is 3. The minimum absolute atomic E-state index is 0.115. The molecule has 1 aromatic heterocycles. The molecule has 5 rings (SSSR count). The van der Waals surface area contributed by atoms with Crippen molar-refractivity contribution in [3.8, 4) is 11.5 Å². The van der Waals surface area contributed by atoms with Gasteiger partial charge in [-0.1, -0.05) is 18.2 Å². The summed E-state index contributed by atoms with van der Waals surface area (Å²) >= 11 is 0. The lowest BCUT2D eigenvalue weighted by Crippen LogP contribution is -2.30. The zero-order valence-electron chi connectivity index (χ0n) is 19.4. The topological polar surface area (TPSA) is 116 Å². The number of aryl methyl sites for hydroxylation is 1. The molecule has 1 saturated heterocycles. The van der Waals surface area contributed by atoms with E-state index in [0.29, 0.717) is 16.6 Å². The smallest absolute Gasteiger partial charge is 0.302 e. The highest BCUT2D eigenvalue weighted by atomic mass is 19.1. The van der Waals surface area contributed by atoms with E-state index in [1.165, 1.54) is 48.2 Å². The Morgan fingerprint density at radius 2 is 1.92 bits per heavy atom. The number of phenolic OH excluding ortho intramolecular Hbond substituents is 1. The zero-order chi connectivity index (χ0) is 25.6. The van der Waals surface area contributed by atoms with E-state index in [1.54, 1.807) is 31.2 Å². The number of ketones is 1. The van der Waals surface area contributed by atoms with E-state index in [0.717, 1.165) is 0 Å². The number of aliphatic hydroxyl groups is 1. The number of carbonyl (C=O) groups is 2. The fraction of sp³-hybridized carbons (Fsp3) is 0.148. The average Bonchev–Trinajstić information content (AvgIpc) is 3.40. The molecular formula is C27H22FN3O5. The zero-order valence-corrected chi connectivity index (χ0v) is 19.4. The van der Waals surface area contributed by atoms with Gasteiger partial charge in [0, 0.05) is 5.56 Å². The number of aromatic hydroxyl groups is 1. The Morgan fingerprint density at radius 1 is 1.14 bits per heavy atom. The van der Waals surface area contributed by atoms with Crippen LogP contribution in [0.1, 0.15) is 29.7 Å². The molecule has 0 saturated carbocycles. The van der Waals surface area contributed by atoms with E-state index in [1.807, 2.05) is 0 Å². The molecule has 36 heavy (non-hydrogen) atoms. The number of rotatable bonds is 5. The number of anilines is 1. The highest BCUT2D eigenvalue weighted by molar-refractivity contribution is 6.51. The van der Waals surface area contributed by atoms with E-state index in [2.05, 4.69) is 9.97 Å². The Balaban J connectivity index is 1.75. The largest absolute Gasteiger partial charge is 0.507 e. The molecule has 1 unspecified atom stereocenters. The molecule has 8 nitrogen and oxygen atoms in total. The number of aromatic nitrogens is 2. The molecular weight excluding hydrogens is 465 g/mol. The molecule has 1 fully saturated rings. The van der Waals surface area contributed by atoms with Crippen molar-refractivity contribution in [2.75, 3.05) is 11.5 Å². The van der Waals surface area contributed by atoms with Crippen LogP contribution in [0.25, 0.3) is 16.8 Å². The minimum Gasteiger partial charge on any atom is -0.507 e. The number of halogens is 1. The molecule has 0 bridgehead atoms. The van der Waals surface area contributed by atoms with Gasteiger partial charge in [-0.2, -0.15) is 0 Å². The first kappa shape index (κ1) is 23.1. The maximum Gasteiger partial charge on any atom is 0.302 e. The third kappa shape index (κ3) is 3.74. The van der Waals surface area contributed by atoms with Crippen molar-refractivity contribution in [1.82, 2.24) is 9.97 Å². The number of Topliss-reactive ketones (excluding diaryl/α,β-unsaturated/α-hetero) is 1. The summed E-state index contributed by atoms with van der Waals surface area (Å²) in [4.78, 5) is 35.4. The molecule has 4 aromatic rings. The summed E-state index contributed by atoms with van der Waals surface area (Å²) in [6.07, 6.45) is 0. The van der Waals surface area contributed by atoms with Crippen LogP contribution in [-0.2, 0) is 9.59 Å². The summed E-state index contributed by atoms with van der Waals surface area (Å²) in [5.74, 6) is -2.59. The van der Waals surface area contributed by atoms with Gasteiger partial charge in [-0.25, -0.2) is 9.37 Å². The van der Waals surface area contributed by atoms with Gasteiger partial charge in [0.1, 0.15) is 11.6 Å². The summed E-state index contributed by atoms with van der Waals surface area (Å²) in [7, 11) is 0. The van der Waals surface area contributed by atoms with Crippen LogP contribution in [0.4, 0.5) is 10.3 Å². The maximum atomic E-state index is 13.9. The molecule has 1 aliphatic rings. The maximum absolute atomic E-state index is 13.9. The van der Waals surface area contributed by atoms with Crippen molar-refractivity contribution >= 4 is 34.4 Å². The number of carbonyl (C=O) groups excluding carboxylic acids is 2. The number of nitrogens with one attached hydrogen (secondary N) is 1. The fourth-order valence-corrected chi connectivity index (χ4v) is 4.34. The lowest BCUT2D eigenvalue weighted by Gasteiger charge is -2.23. The quantitative estimate of drug-likeness (QED) is 0.213. The molecule has 0 spiro atoms. The number of aliphatic hydroxyl groups excluding tert-OH is 1. The number of amides is 1. The number of aromatic amines is 1. The van der Waals surface area contributed by atoms with Crippen LogP contribution in [0.2, 0.25) is 0 Å². The highest BCUT2D eigenvalue weighted by Gasteiger charge is 2.48. The van der Waals surface area contributed by atoms with Crippen molar-refractivity contribution in [1.29, 1.82) is 0 Å². The van der Waals surface area contributed by atoms with Crippen LogP contribution in [0.3, 0.4) is 0 Å². The number of fused-ring (bicyclic) bond motifs is 1. The first-order valence-corrected chi connectivity index (χ1v) is 11.3. The summed E-state index contributed by atoms with van der Waals surface area (Å²) in [6, 6.07) is 14.4. The molecule has 0 radical (unpaired) electrons. The molecule has 3 N–H and O–H groups in total. The Morgan fingerprint density at radius 3 is 2.64 bits per heavy atom. The van der Waals surface area contributed by atoms with E-state index < -0.39 is 29.3 Å². The lowest BCUT2D eigenvalue weighted by atomic mass is 9.94. The van der Waals surface area contributed by atoms with Gasteiger partial charge < -0.3 is 19.9 Å². The molecule has 1 atom stereocenters. The fourth-order valence-electron chi connectivity index (χ4n) is 4.34. The number of H-pyrrole nitrogens is 1. The second-order valence-electron chi connectivity index (χ2n) is 8.37. The van der Waals surface area contributed by atoms with Crippen LogP contribution >= 0.6 is 0 Å². The van der Waals surface area contributed by atoms with Gasteiger partial charge in [0.2, 0.25) is 5.95 Å². The number of para-hydroxylation sites is 2. The average molecular weight is 487 g/mol. The molecule has 0 aliphatic carbocycles. The lowest BCUT2D eigenvalue weighted by molar-refractivity contribution is -0.132. The predicted octanol–water partition coefficient (Wildman–Crippen LogP) is 4.74. The van der Waals surface area contributed by atoms with E-state index in [-0.39, 0.29) is 40.8 Å². The Hall–Kier alpha value is -4.66. The number of ether oxygens (including phenoxy) is 1. The second-order valence-corrected chi connectivity index (χ2v) is 8.37. The van der Waals surface area contributed by atoms with Crippen LogP contribution < -0.4 is 9.64 Å². The van der Waals surface area contributed by atoms with Gasteiger partial charge in [0.15, 0.2) is 11.5 Å². The summed E-state index contributed by atoms with van der Waals surface area (Å²) < 4.78 is 19.4. The third-order valence-electron chi connectivity index (χ3n) is 6.08. The van der Waals surface area contributed by atoms with Crippen molar-refractivity contribution in [2.45, 2.75) is 19.9 Å². The van der Waals surface area contributed by atoms with Crippen molar-refractivity contribution in [2.24, 2.45) is 0 Å². The van der Waals surface area contributed by atoms with Gasteiger partial charge in [-0.3, -0.25) is 14.5 Å². The van der Waals surface area contributed by atoms with Gasteiger partial charge in [0.25, 0.3) is 5.78 Å². The molecule has 182 valence electrons. The molecule has 2 heterocycles. The number of nitrogens with zero attached hydrogens (tertiary/aromatic N) is 2. The van der Waals surface area contributed by atoms with Crippen molar-refractivity contribution < 1.29 is 28.9 Å². The first-order valence-electron chi connectivity index (χ1n) is 11.3. The molecule has 9 heteroatoms. The van der Waals surface area contributed by atoms with Crippen LogP contribution in [0.5, 0.6) is 11.5 Å². The number of hydrogen-bond acceptors (Lipinski definition) is 6. The normalized spacial score (nSPS) is 17.2. The second kappa shape index (κ2) is 8.84. The Kier molecular flexibility index (Phi) is 5.68. The van der Waals surface area contributed by atoms with E-state index in [4.69, 9.17) is 4.74 Å². The Bertz CT molecular complexity index is 1530. The van der Waals surface area contributed by atoms with Crippen molar-refractivity contribution in [3.05, 3.63) is 88.7 Å². The summed E-state index contributed by atoms with van der Waals surface area (Å²) in [5.41, 5.74) is 1.90. The van der Waals surface area contributed by atoms with Crippen LogP contribution in [0.15, 0.2) is 66.2 Å². The van der Waals surface area contributed by atoms with Crippen LogP contribution in [0, 0.1) is 12.7 Å². The van der Waals surface area contributed by atoms with Crippen molar-refractivity contribution in [3.63, 3.8) is 0 Å². The van der Waals surface area contributed by atoms with E-state index >= 15 is 0 Å². The standard InChI is InChI=1S/C27H22FN3O5/c1-3-36-21-13-15(9-11-20(21)32)23-22(24(33)16-8-10-17(28)14(2)12-16)25(34)26(35)31(23)27-29-18-6-4-5-7-19(18)30-27/h4-13,23,32-33H,3H2,1-2H3,(H,29,30)/b24-22+. The summed E-state index contributed by atoms with van der Waals surface area (Å²) in [5, 5.41) is 21.4. The molecule has 1 amide bonds. The third-order valence-corrected chi connectivity index (χ3v) is 6.08. The Labute approximate surface area is 205 Å². The predicted molar refractivity (Wildman–Crippen MR) is 131 cm³/mol. The number of benzene rings is 3.